The van der Waals surface area contributed by atoms with Crippen molar-refractivity contribution in [3.63, 3.8) is 0 Å². The van der Waals surface area contributed by atoms with Crippen LogP contribution in [0.25, 0.3) is 0 Å². The quantitative estimate of drug-likeness (QED) is 0.836. The van der Waals surface area contributed by atoms with Gasteiger partial charge in [-0.15, -0.1) is 0 Å². The Bertz CT molecular complexity index is 450. The molecule has 3 heteroatoms. The minimum absolute atomic E-state index is 0.191. The van der Waals surface area contributed by atoms with E-state index < -0.39 is 0 Å². The molecule has 98 valence electrons. The molecular weight excluding hydrogens is 231 g/mol. The summed E-state index contributed by atoms with van der Waals surface area (Å²) in [7, 11) is 0. The second-order valence-corrected chi connectivity index (χ2v) is 5.26. The van der Waals surface area contributed by atoms with Crippen molar-refractivity contribution in [2.75, 3.05) is 13.2 Å². The maximum absolute atomic E-state index is 13.1. The summed E-state index contributed by atoms with van der Waals surface area (Å²) in [5.41, 5.74) is 0.662. The van der Waals surface area contributed by atoms with Crippen molar-refractivity contribution in [2.24, 2.45) is 5.41 Å². The number of aliphatic hydroxyl groups is 1. The lowest BCUT2D eigenvalue weighted by atomic mass is 9.93. The van der Waals surface area contributed by atoms with Gasteiger partial charge in [-0.1, -0.05) is 32.6 Å². The molecule has 0 radical (unpaired) electrons. The van der Waals surface area contributed by atoms with Gasteiger partial charge in [0.25, 0.3) is 0 Å². The van der Waals surface area contributed by atoms with Gasteiger partial charge in [-0.2, -0.15) is 0 Å². The second kappa shape index (κ2) is 6.42. The SMILES string of the molecule is CC(C)(C)CCOc1ccc(F)cc1C#CCO. The van der Waals surface area contributed by atoms with E-state index in [4.69, 9.17) is 9.84 Å². The van der Waals surface area contributed by atoms with Crippen LogP contribution in [0.5, 0.6) is 5.75 Å². The monoisotopic (exact) mass is 250 g/mol. The molecule has 0 amide bonds. The lowest BCUT2D eigenvalue weighted by Crippen LogP contribution is -2.11. The third-order valence-corrected chi connectivity index (χ3v) is 2.35. The maximum atomic E-state index is 13.1. The Balaban J connectivity index is 2.75. The Labute approximate surface area is 108 Å². The molecule has 0 bridgehead atoms. The fraction of sp³-hybridized carbons (Fsp3) is 0.467. The molecule has 2 nitrogen and oxygen atoms in total. The van der Waals surface area contributed by atoms with Gasteiger partial charge in [-0.25, -0.2) is 4.39 Å². The van der Waals surface area contributed by atoms with Crippen LogP contribution in [0, 0.1) is 23.1 Å². The van der Waals surface area contributed by atoms with Gasteiger partial charge in [0.2, 0.25) is 0 Å². The van der Waals surface area contributed by atoms with Gasteiger partial charge in [-0.05, 0) is 30.0 Å². The van der Waals surface area contributed by atoms with E-state index >= 15 is 0 Å². The van der Waals surface area contributed by atoms with Crippen molar-refractivity contribution in [3.8, 4) is 17.6 Å². The molecule has 0 fully saturated rings. The molecular formula is C15H19FO2. The van der Waals surface area contributed by atoms with Gasteiger partial charge in [-0.3, -0.25) is 0 Å². The first-order chi connectivity index (χ1) is 8.42. The predicted octanol–water partition coefficient (Wildman–Crippen LogP) is 2.98. The van der Waals surface area contributed by atoms with Gasteiger partial charge in [0.05, 0.1) is 12.2 Å². The zero-order chi connectivity index (χ0) is 13.6. The summed E-state index contributed by atoms with van der Waals surface area (Å²) < 4.78 is 18.7. The summed E-state index contributed by atoms with van der Waals surface area (Å²) in [6.45, 7) is 6.70. The van der Waals surface area contributed by atoms with Crippen molar-refractivity contribution < 1.29 is 14.2 Å². The van der Waals surface area contributed by atoms with Crippen molar-refractivity contribution in [1.82, 2.24) is 0 Å². The fourth-order valence-corrected chi connectivity index (χ4v) is 1.33. The average Bonchev–Trinajstić information content (AvgIpc) is 2.27. The number of benzene rings is 1. The Hall–Kier alpha value is -1.53. The van der Waals surface area contributed by atoms with E-state index in [1.54, 1.807) is 6.07 Å². The number of halogens is 1. The van der Waals surface area contributed by atoms with Gasteiger partial charge in [0.15, 0.2) is 0 Å². The zero-order valence-corrected chi connectivity index (χ0v) is 11.1. The van der Waals surface area contributed by atoms with Crippen molar-refractivity contribution in [2.45, 2.75) is 27.2 Å². The smallest absolute Gasteiger partial charge is 0.135 e. The summed E-state index contributed by atoms with van der Waals surface area (Å²) in [6, 6.07) is 4.23. The Kier molecular flexibility index (Phi) is 5.18. The first kappa shape index (κ1) is 14.5. The highest BCUT2D eigenvalue weighted by atomic mass is 19.1. The fourth-order valence-electron chi connectivity index (χ4n) is 1.33. The molecule has 0 spiro atoms. The Morgan fingerprint density at radius 3 is 2.67 bits per heavy atom. The Morgan fingerprint density at radius 1 is 1.33 bits per heavy atom. The topological polar surface area (TPSA) is 29.5 Å². The number of hydrogen-bond donors (Lipinski definition) is 1. The zero-order valence-electron chi connectivity index (χ0n) is 11.1. The lowest BCUT2D eigenvalue weighted by Gasteiger charge is -2.18. The molecule has 1 aromatic rings. The van der Waals surface area contributed by atoms with Crippen LogP contribution in [0.1, 0.15) is 32.8 Å². The minimum atomic E-state index is -0.361. The van der Waals surface area contributed by atoms with Crippen LogP contribution in [0.2, 0.25) is 0 Å². The second-order valence-electron chi connectivity index (χ2n) is 5.26. The van der Waals surface area contributed by atoms with E-state index in [1.165, 1.54) is 12.1 Å². The summed E-state index contributed by atoms with van der Waals surface area (Å²) in [5.74, 6) is 5.38. The van der Waals surface area contributed by atoms with E-state index in [1.807, 2.05) is 0 Å². The molecule has 1 aromatic carbocycles. The largest absolute Gasteiger partial charge is 0.492 e. The van der Waals surface area contributed by atoms with Gasteiger partial charge < -0.3 is 9.84 Å². The van der Waals surface area contributed by atoms with E-state index in [9.17, 15) is 4.39 Å². The molecule has 0 unspecified atom stereocenters. The summed E-state index contributed by atoms with van der Waals surface area (Å²) in [4.78, 5) is 0. The molecule has 0 aliphatic heterocycles. The first-order valence-corrected chi connectivity index (χ1v) is 5.94. The molecule has 0 aliphatic carbocycles. The average molecular weight is 250 g/mol. The summed E-state index contributed by atoms with van der Waals surface area (Å²) >= 11 is 0. The van der Waals surface area contributed by atoms with Gasteiger partial charge in [0, 0.05) is 0 Å². The van der Waals surface area contributed by atoms with E-state index in [-0.39, 0.29) is 17.8 Å². The highest BCUT2D eigenvalue weighted by Gasteiger charge is 2.11. The van der Waals surface area contributed by atoms with Crippen LogP contribution in [-0.4, -0.2) is 18.3 Å². The molecule has 18 heavy (non-hydrogen) atoms. The first-order valence-electron chi connectivity index (χ1n) is 5.94. The molecule has 0 saturated carbocycles. The predicted molar refractivity (Wildman–Crippen MR) is 69.9 cm³/mol. The Morgan fingerprint density at radius 2 is 2.06 bits per heavy atom. The van der Waals surface area contributed by atoms with E-state index in [0.29, 0.717) is 17.9 Å². The van der Waals surface area contributed by atoms with Crippen LogP contribution >= 0.6 is 0 Å². The molecule has 0 aliphatic rings. The van der Waals surface area contributed by atoms with Crippen molar-refractivity contribution >= 4 is 0 Å². The number of ether oxygens (including phenoxy) is 1. The third-order valence-electron chi connectivity index (χ3n) is 2.35. The normalized spacial score (nSPS) is 10.7. The molecule has 0 aromatic heterocycles. The van der Waals surface area contributed by atoms with Gasteiger partial charge >= 0.3 is 0 Å². The van der Waals surface area contributed by atoms with Crippen LogP contribution in [-0.2, 0) is 0 Å². The third kappa shape index (κ3) is 5.20. The molecule has 0 saturated heterocycles. The standard InChI is InChI=1S/C15H19FO2/c1-15(2,3)8-10-18-14-7-6-13(16)11-12(14)5-4-9-17/h6-7,11,17H,8-10H2,1-3H3. The van der Waals surface area contributed by atoms with Crippen LogP contribution in [0.3, 0.4) is 0 Å². The van der Waals surface area contributed by atoms with E-state index in [2.05, 4.69) is 32.6 Å². The van der Waals surface area contributed by atoms with Crippen LogP contribution < -0.4 is 4.74 Å². The van der Waals surface area contributed by atoms with Gasteiger partial charge in [0.1, 0.15) is 18.2 Å². The molecule has 1 rings (SSSR count). The maximum Gasteiger partial charge on any atom is 0.135 e. The summed E-state index contributed by atoms with van der Waals surface area (Å²) in [6.07, 6.45) is 0.900. The number of aliphatic hydroxyl groups excluding tert-OH is 1. The van der Waals surface area contributed by atoms with Crippen molar-refractivity contribution in [1.29, 1.82) is 0 Å². The van der Waals surface area contributed by atoms with E-state index in [0.717, 1.165) is 6.42 Å². The van der Waals surface area contributed by atoms with Crippen LogP contribution in [0.4, 0.5) is 4.39 Å². The highest BCUT2D eigenvalue weighted by molar-refractivity contribution is 5.46. The number of hydrogen-bond acceptors (Lipinski definition) is 2. The molecule has 0 heterocycles. The van der Waals surface area contributed by atoms with Crippen molar-refractivity contribution in [3.05, 3.63) is 29.6 Å². The number of rotatable bonds is 3. The molecule has 0 atom stereocenters. The molecule has 1 N–H and O–H groups in total. The highest BCUT2D eigenvalue weighted by Crippen LogP contribution is 2.22. The lowest BCUT2D eigenvalue weighted by molar-refractivity contribution is 0.242. The summed E-state index contributed by atoms with van der Waals surface area (Å²) in [5, 5.41) is 8.66. The van der Waals surface area contributed by atoms with Crippen LogP contribution in [0.15, 0.2) is 18.2 Å². The minimum Gasteiger partial charge on any atom is -0.492 e.